The van der Waals surface area contributed by atoms with Crippen molar-refractivity contribution in [2.24, 2.45) is 5.92 Å². The van der Waals surface area contributed by atoms with Crippen LogP contribution >= 0.6 is 11.3 Å². The molecule has 1 atom stereocenters. The SMILES string of the molecule is O=C(C[N+]12CCC(CC1)C(OC(=O)N(Cc1cc(F)c(F)c(F)c1)c1cccc(F)c1)C2)c1cccs1.O=C(O)/C=C\C(=O)O. The predicted octanol–water partition coefficient (Wildman–Crippen LogP) is 5.65. The average molecular weight is 650 g/mol. The van der Waals surface area contributed by atoms with Crippen LogP contribution in [-0.4, -0.2) is 70.8 Å². The number of quaternary nitrogens is 1. The summed E-state index contributed by atoms with van der Waals surface area (Å²) in [7, 11) is 0. The lowest BCUT2D eigenvalue weighted by molar-refractivity contribution is -0.938. The maximum absolute atomic E-state index is 14.0. The first-order valence-corrected chi connectivity index (χ1v) is 14.7. The lowest BCUT2D eigenvalue weighted by Crippen LogP contribution is -2.66. The van der Waals surface area contributed by atoms with Gasteiger partial charge in [0.2, 0.25) is 5.78 Å². The van der Waals surface area contributed by atoms with Crippen LogP contribution in [0.4, 0.5) is 28.0 Å². The number of anilines is 1. The third kappa shape index (κ3) is 8.76. The molecule has 1 amide bonds. The first kappa shape index (κ1) is 33.3. The van der Waals surface area contributed by atoms with Crippen LogP contribution in [-0.2, 0) is 20.9 Å². The molecule has 6 rings (SSSR count). The van der Waals surface area contributed by atoms with Crippen LogP contribution < -0.4 is 4.90 Å². The minimum atomic E-state index is -1.61. The van der Waals surface area contributed by atoms with Gasteiger partial charge in [-0.3, -0.25) is 9.69 Å². The molecule has 9 nitrogen and oxygen atoms in total. The number of piperidine rings is 3. The summed E-state index contributed by atoms with van der Waals surface area (Å²) in [4.78, 5) is 47.1. The topological polar surface area (TPSA) is 121 Å². The first-order chi connectivity index (χ1) is 21.4. The molecule has 1 unspecified atom stereocenters. The Balaban J connectivity index is 0.000000510. The highest BCUT2D eigenvalue weighted by atomic mass is 32.1. The molecule has 3 aliphatic heterocycles. The number of ketones is 1. The minimum Gasteiger partial charge on any atom is -0.478 e. The number of thiophene rings is 1. The number of aliphatic carboxylic acids is 2. The number of carboxylic acids is 2. The number of rotatable bonds is 9. The van der Waals surface area contributed by atoms with Crippen molar-refractivity contribution < 1.29 is 56.2 Å². The second-order valence-corrected chi connectivity index (χ2v) is 11.7. The molecule has 1 aromatic heterocycles. The fraction of sp³-hybridized carbons (Fsp3) is 0.290. The third-order valence-electron chi connectivity index (χ3n) is 7.66. The Bertz CT molecular complexity index is 1550. The number of halogens is 4. The average Bonchev–Trinajstić information content (AvgIpc) is 3.54. The quantitative estimate of drug-likeness (QED) is 0.101. The van der Waals surface area contributed by atoms with Crippen molar-refractivity contribution in [3.63, 3.8) is 0 Å². The summed E-state index contributed by atoms with van der Waals surface area (Å²) < 4.78 is 61.6. The van der Waals surface area contributed by atoms with Crippen molar-refractivity contribution in [2.45, 2.75) is 25.5 Å². The van der Waals surface area contributed by atoms with E-state index in [1.165, 1.54) is 29.5 Å². The molecule has 4 heterocycles. The van der Waals surface area contributed by atoms with E-state index in [0.29, 0.717) is 34.6 Å². The molecule has 3 saturated heterocycles. The van der Waals surface area contributed by atoms with Crippen LogP contribution in [0.5, 0.6) is 0 Å². The number of carboxylic acid groups (broad SMARTS) is 2. The fourth-order valence-electron chi connectivity index (χ4n) is 5.52. The van der Waals surface area contributed by atoms with Crippen LogP contribution in [0.1, 0.15) is 28.1 Å². The lowest BCUT2D eigenvalue weighted by Gasteiger charge is -2.51. The van der Waals surface area contributed by atoms with Gasteiger partial charge in [-0.05, 0) is 47.3 Å². The summed E-state index contributed by atoms with van der Waals surface area (Å²) in [6, 6.07) is 10.4. The van der Waals surface area contributed by atoms with E-state index in [2.05, 4.69) is 0 Å². The van der Waals surface area contributed by atoms with Gasteiger partial charge >= 0.3 is 18.0 Å². The van der Waals surface area contributed by atoms with Gasteiger partial charge in [-0.1, -0.05) is 12.1 Å². The second-order valence-electron chi connectivity index (χ2n) is 10.7. The number of Topliss-reactive ketones (excluding diaryl/α,β-unsaturated/α-hetero) is 1. The van der Waals surface area contributed by atoms with Crippen molar-refractivity contribution in [2.75, 3.05) is 31.1 Å². The Hall–Kier alpha value is -4.56. The molecule has 2 N–H and O–H groups in total. The van der Waals surface area contributed by atoms with Crippen molar-refractivity contribution in [1.82, 2.24) is 0 Å². The molecule has 0 spiro atoms. The maximum atomic E-state index is 14.0. The molecule has 2 bridgehead atoms. The van der Waals surface area contributed by atoms with Crippen molar-refractivity contribution in [1.29, 1.82) is 0 Å². The molecule has 0 aliphatic carbocycles. The van der Waals surface area contributed by atoms with Crippen molar-refractivity contribution in [3.05, 3.63) is 99.8 Å². The zero-order chi connectivity index (χ0) is 32.7. The zero-order valence-electron chi connectivity index (χ0n) is 23.7. The van der Waals surface area contributed by atoms with Gasteiger partial charge in [0, 0.05) is 30.9 Å². The first-order valence-electron chi connectivity index (χ1n) is 13.8. The molecular weight excluding hydrogens is 620 g/mol. The van der Waals surface area contributed by atoms with E-state index < -0.39 is 47.4 Å². The standard InChI is InChI=1S/C27H25F4N2O3S.C4H4O4/c28-19-3-1-4-20(13-19)32(14-17-11-21(29)26(31)22(30)12-17)27(35)36-24-16-33(8-6-18(24)7-9-33)15-23(34)25-5-2-10-37-25;5-3(6)1-2-4(7)8/h1-5,10-13,18,24H,6-9,14-16H2;1-2H,(H,5,6)(H,7,8)/q+1;/b;2-1-. The summed E-state index contributed by atoms with van der Waals surface area (Å²) >= 11 is 1.40. The van der Waals surface area contributed by atoms with Crippen LogP contribution in [0.2, 0.25) is 0 Å². The minimum absolute atomic E-state index is 0.0171. The number of amides is 1. The van der Waals surface area contributed by atoms with Crippen LogP contribution in [0.15, 0.2) is 66.1 Å². The summed E-state index contributed by atoms with van der Waals surface area (Å²) in [5.41, 5.74) is 0.116. The van der Waals surface area contributed by atoms with Gasteiger partial charge in [0.1, 0.15) is 18.9 Å². The van der Waals surface area contributed by atoms with Crippen molar-refractivity contribution in [3.8, 4) is 0 Å². The van der Waals surface area contributed by atoms with Gasteiger partial charge in [-0.2, -0.15) is 0 Å². The zero-order valence-corrected chi connectivity index (χ0v) is 24.5. The Morgan fingerprint density at radius 3 is 2.13 bits per heavy atom. The Morgan fingerprint density at radius 2 is 1.58 bits per heavy atom. The van der Waals surface area contributed by atoms with E-state index in [0.717, 1.165) is 49.0 Å². The number of ether oxygens (including phenoxy) is 1. The molecule has 14 heteroatoms. The lowest BCUT2D eigenvalue weighted by atomic mass is 9.83. The smallest absolute Gasteiger partial charge is 0.415 e. The van der Waals surface area contributed by atoms with Gasteiger partial charge in [0.05, 0.1) is 30.2 Å². The molecule has 3 aliphatic rings. The van der Waals surface area contributed by atoms with Crippen LogP contribution in [0.3, 0.4) is 0 Å². The van der Waals surface area contributed by atoms with E-state index in [1.54, 1.807) is 6.07 Å². The van der Waals surface area contributed by atoms with E-state index >= 15 is 0 Å². The monoisotopic (exact) mass is 649 g/mol. The summed E-state index contributed by atoms with van der Waals surface area (Å²) in [6.45, 7) is 2.08. The van der Waals surface area contributed by atoms with E-state index in [9.17, 15) is 36.7 Å². The third-order valence-corrected chi connectivity index (χ3v) is 8.57. The highest BCUT2D eigenvalue weighted by Crippen LogP contribution is 2.36. The molecule has 3 aromatic rings. The van der Waals surface area contributed by atoms with E-state index in [1.807, 2.05) is 11.4 Å². The maximum Gasteiger partial charge on any atom is 0.415 e. The molecular formula is C31H29F4N2O7S+. The van der Waals surface area contributed by atoms with Crippen LogP contribution in [0, 0.1) is 29.2 Å². The Labute approximate surface area is 259 Å². The molecule has 0 radical (unpaired) electrons. The van der Waals surface area contributed by atoms with E-state index in [-0.39, 0.29) is 29.5 Å². The number of carbonyl (C=O) groups is 4. The van der Waals surface area contributed by atoms with Gasteiger partial charge < -0.3 is 19.4 Å². The molecule has 45 heavy (non-hydrogen) atoms. The summed E-state index contributed by atoms with van der Waals surface area (Å²) in [6.07, 6.45) is 1.43. The number of fused-ring (bicyclic) bond motifs is 3. The Morgan fingerprint density at radius 1 is 0.933 bits per heavy atom. The Kier molecular flexibility index (Phi) is 10.7. The number of hydrogen-bond donors (Lipinski definition) is 2. The van der Waals surface area contributed by atoms with Gasteiger partial charge in [-0.15, -0.1) is 11.3 Å². The molecule has 238 valence electrons. The molecule has 2 aromatic carbocycles. The van der Waals surface area contributed by atoms with Crippen molar-refractivity contribution >= 4 is 40.8 Å². The number of nitrogens with zero attached hydrogens (tertiary/aromatic N) is 2. The normalized spacial score (nSPS) is 20.3. The predicted molar refractivity (Wildman–Crippen MR) is 155 cm³/mol. The second kappa shape index (κ2) is 14.5. The summed E-state index contributed by atoms with van der Waals surface area (Å²) in [5.74, 6) is -7.32. The highest BCUT2D eigenvalue weighted by Gasteiger charge is 2.49. The highest BCUT2D eigenvalue weighted by molar-refractivity contribution is 7.12. The molecule has 3 fully saturated rings. The number of hydrogen-bond acceptors (Lipinski definition) is 6. The number of benzene rings is 2. The summed E-state index contributed by atoms with van der Waals surface area (Å²) in [5, 5.41) is 17.5. The van der Waals surface area contributed by atoms with Gasteiger partial charge in [0.25, 0.3) is 0 Å². The molecule has 0 saturated carbocycles. The van der Waals surface area contributed by atoms with Gasteiger partial charge in [0.15, 0.2) is 23.6 Å². The van der Waals surface area contributed by atoms with Gasteiger partial charge in [-0.25, -0.2) is 31.9 Å². The fourth-order valence-corrected chi connectivity index (χ4v) is 6.18. The largest absolute Gasteiger partial charge is 0.478 e. The van der Waals surface area contributed by atoms with E-state index in [4.69, 9.17) is 14.9 Å². The van der Waals surface area contributed by atoms with Crippen LogP contribution in [0.25, 0.3) is 0 Å². The number of carbonyl (C=O) groups excluding carboxylic acids is 2.